The molecule has 24 heavy (non-hydrogen) atoms. The number of benzene rings is 2. The summed E-state index contributed by atoms with van der Waals surface area (Å²) in [6.07, 6.45) is 4.49. The van der Waals surface area contributed by atoms with Crippen molar-refractivity contribution in [1.82, 2.24) is 4.31 Å². The monoisotopic (exact) mass is 351 g/mol. The zero-order valence-corrected chi connectivity index (χ0v) is 16.6. The van der Waals surface area contributed by atoms with Gasteiger partial charge in [0, 0.05) is 13.1 Å². The first-order valence-electron chi connectivity index (χ1n) is 8.96. The molecule has 3 nitrogen and oxygen atoms in total. The third-order valence-electron chi connectivity index (χ3n) is 3.44. The number of fused-ring (bicyclic) bond motifs is 1. The van der Waals surface area contributed by atoms with E-state index in [0.29, 0.717) is 0 Å². The minimum absolute atomic E-state index is 0.721. The van der Waals surface area contributed by atoms with Crippen LogP contribution in [0.3, 0.4) is 0 Å². The maximum Gasteiger partial charge on any atom is 0.211 e. The molecule has 0 amide bonds. The Labute approximate surface area is 148 Å². The van der Waals surface area contributed by atoms with E-state index in [2.05, 4.69) is 48.5 Å². The molecular formula is C20H33NO2S. The van der Waals surface area contributed by atoms with E-state index in [4.69, 9.17) is 0 Å². The predicted octanol–water partition coefficient (Wildman–Crippen LogP) is 5.32. The number of hydrogen-bond donors (Lipinski definition) is 0. The molecule has 2 aromatic rings. The second-order valence-corrected chi connectivity index (χ2v) is 7.05. The Morgan fingerprint density at radius 1 is 0.708 bits per heavy atom. The summed E-state index contributed by atoms with van der Waals surface area (Å²) in [5.74, 6) is 0. The number of rotatable bonds is 1. The molecule has 0 atom stereocenters. The van der Waals surface area contributed by atoms with E-state index in [1.165, 1.54) is 23.4 Å². The second-order valence-electron chi connectivity index (χ2n) is 5.07. The molecule has 0 aromatic heterocycles. The summed E-state index contributed by atoms with van der Waals surface area (Å²) >= 11 is 0. The van der Waals surface area contributed by atoms with Gasteiger partial charge in [-0.15, -0.1) is 0 Å². The lowest BCUT2D eigenvalue weighted by Gasteiger charge is -2.23. The fraction of sp³-hybridized carbons (Fsp3) is 0.500. The molecule has 4 heteroatoms. The lowest BCUT2D eigenvalue weighted by molar-refractivity contribution is 0.349. The van der Waals surface area contributed by atoms with Gasteiger partial charge in [-0.05, 0) is 23.6 Å². The number of piperidine rings is 1. The van der Waals surface area contributed by atoms with Gasteiger partial charge in [0.25, 0.3) is 0 Å². The maximum absolute atomic E-state index is 10.9. The average molecular weight is 352 g/mol. The normalized spacial score (nSPS) is 14.2. The lowest BCUT2D eigenvalue weighted by atomic mass is 10.1. The van der Waals surface area contributed by atoms with Crippen LogP contribution in [0.2, 0.25) is 0 Å². The number of nitrogens with zero attached hydrogens (tertiary/aromatic N) is 1. The highest BCUT2D eigenvalue weighted by Gasteiger charge is 2.18. The smallest absolute Gasteiger partial charge is 0.211 e. The molecule has 0 N–H and O–H groups in total. The van der Waals surface area contributed by atoms with Gasteiger partial charge < -0.3 is 0 Å². The van der Waals surface area contributed by atoms with Crippen LogP contribution in [0, 0.1) is 0 Å². The fourth-order valence-electron chi connectivity index (χ4n) is 2.33. The molecule has 1 fully saturated rings. The summed E-state index contributed by atoms with van der Waals surface area (Å²) in [6, 6.07) is 16.7. The second kappa shape index (κ2) is 13.0. The van der Waals surface area contributed by atoms with Gasteiger partial charge >= 0.3 is 0 Å². The van der Waals surface area contributed by atoms with Gasteiger partial charge in [-0.1, -0.05) is 82.6 Å². The van der Waals surface area contributed by atoms with Crippen molar-refractivity contribution >= 4 is 20.8 Å². The topological polar surface area (TPSA) is 37.4 Å². The quantitative estimate of drug-likeness (QED) is 0.697. The zero-order chi connectivity index (χ0) is 18.4. The largest absolute Gasteiger partial charge is 0.213 e. The SMILES string of the molecule is CC.CC.CS(=O)(=O)N1CCCCC1.c1ccc2ccccc2c1. The van der Waals surface area contributed by atoms with Gasteiger partial charge in [0.1, 0.15) is 0 Å². The predicted molar refractivity (Wildman–Crippen MR) is 107 cm³/mol. The van der Waals surface area contributed by atoms with Crippen molar-refractivity contribution in [3.63, 3.8) is 0 Å². The van der Waals surface area contributed by atoms with Crippen LogP contribution in [0.4, 0.5) is 0 Å². The van der Waals surface area contributed by atoms with Gasteiger partial charge in [0.2, 0.25) is 10.0 Å². The first-order chi connectivity index (χ1) is 11.6. The van der Waals surface area contributed by atoms with Crippen molar-refractivity contribution in [2.24, 2.45) is 0 Å². The standard InChI is InChI=1S/C10H8.C6H13NO2S.2C2H6/c1-2-6-10-8-4-3-7-9(10)5-1;1-10(8,9)7-5-3-2-4-6-7;2*1-2/h1-8H;2-6H2,1H3;2*1-2H3. The molecule has 0 radical (unpaired) electrons. The molecule has 0 bridgehead atoms. The molecule has 0 saturated carbocycles. The lowest BCUT2D eigenvalue weighted by Crippen LogP contribution is -2.34. The summed E-state index contributed by atoms with van der Waals surface area (Å²) in [6.45, 7) is 9.44. The summed E-state index contributed by atoms with van der Waals surface area (Å²) < 4.78 is 23.4. The van der Waals surface area contributed by atoms with Crippen molar-refractivity contribution in [2.75, 3.05) is 19.3 Å². The highest BCUT2D eigenvalue weighted by Crippen LogP contribution is 2.11. The highest BCUT2D eigenvalue weighted by atomic mass is 32.2. The molecule has 0 unspecified atom stereocenters. The van der Waals surface area contributed by atoms with Crippen LogP contribution in [0.25, 0.3) is 10.8 Å². The van der Waals surface area contributed by atoms with Crippen LogP contribution >= 0.6 is 0 Å². The van der Waals surface area contributed by atoms with Gasteiger partial charge in [-0.2, -0.15) is 0 Å². The van der Waals surface area contributed by atoms with Crippen molar-refractivity contribution in [1.29, 1.82) is 0 Å². The molecule has 1 aliphatic heterocycles. The molecule has 0 spiro atoms. The summed E-state index contributed by atoms with van der Waals surface area (Å²) in [4.78, 5) is 0. The van der Waals surface area contributed by atoms with Crippen LogP contribution in [-0.4, -0.2) is 32.1 Å². The minimum Gasteiger partial charge on any atom is -0.213 e. The molecule has 2 aromatic carbocycles. The Hall–Kier alpha value is -1.39. The molecule has 0 aliphatic carbocycles. The summed E-state index contributed by atoms with van der Waals surface area (Å²) in [5.41, 5.74) is 0. The Kier molecular flexibility index (Phi) is 12.2. The van der Waals surface area contributed by atoms with Crippen molar-refractivity contribution in [3.05, 3.63) is 48.5 Å². The molecule has 1 aliphatic rings. The Morgan fingerprint density at radius 2 is 1.04 bits per heavy atom. The van der Waals surface area contributed by atoms with Crippen LogP contribution in [-0.2, 0) is 10.0 Å². The van der Waals surface area contributed by atoms with Gasteiger partial charge in [-0.3, -0.25) is 0 Å². The summed E-state index contributed by atoms with van der Waals surface area (Å²) in [5, 5.41) is 2.62. The summed E-state index contributed by atoms with van der Waals surface area (Å²) in [7, 11) is -2.89. The molecule has 136 valence electrons. The Morgan fingerprint density at radius 3 is 1.29 bits per heavy atom. The Balaban J connectivity index is 0.000000366. The first-order valence-corrected chi connectivity index (χ1v) is 10.8. The van der Waals surface area contributed by atoms with E-state index < -0.39 is 10.0 Å². The van der Waals surface area contributed by atoms with Crippen LogP contribution in [0.5, 0.6) is 0 Å². The molecule has 3 rings (SSSR count). The number of sulfonamides is 1. The van der Waals surface area contributed by atoms with Gasteiger partial charge in [-0.25, -0.2) is 12.7 Å². The number of hydrogen-bond acceptors (Lipinski definition) is 2. The van der Waals surface area contributed by atoms with Crippen molar-refractivity contribution in [2.45, 2.75) is 47.0 Å². The zero-order valence-electron chi connectivity index (χ0n) is 15.8. The fourth-order valence-corrected chi connectivity index (χ4v) is 3.25. The van der Waals surface area contributed by atoms with Crippen LogP contribution < -0.4 is 0 Å². The van der Waals surface area contributed by atoms with E-state index in [1.807, 2.05) is 27.7 Å². The molecule has 1 saturated heterocycles. The van der Waals surface area contributed by atoms with E-state index >= 15 is 0 Å². The third kappa shape index (κ3) is 8.46. The third-order valence-corrected chi connectivity index (χ3v) is 4.75. The van der Waals surface area contributed by atoms with E-state index in [0.717, 1.165) is 25.9 Å². The minimum atomic E-state index is -2.89. The molecule has 1 heterocycles. The van der Waals surface area contributed by atoms with E-state index in [9.17, 15) is 8.42 Å². The first kappa shape index (κ1) is 22.6. The molecular weight excluding hydrogens is 318 g/mol. The van der Waals surface area contributed by atoms with Crippen LogP contribution in [0.15, 0.2) is 48.5 Å². The van der Waals surface area contributed by atoms with Crippen LogP contribution in [0.1, 0.15) is 47.0 Å². The van der Waals surface area contributed by atoms with E-state index in [-0.39, 0.29) is 0 Å². The average Bonchev–Trinajstić information content (AvgIpc) is 2.66. The Bertz CT molecular complexity index is 582. The van der Waals surface area contributed by atoms with Gasteiger partial charge in [0.05, 0.1) is 6.26 Å². The van der Waals surface area contributed by atoms with E-state index in [1.54, 1.807) is 4.31 Å². The highest BCUT2D eigenvalue weighted by molar-refractivity contribution is 7.88. The van der Waals surface area contributed by atoms with Gasteiger partial charge in [0.15, 0.2) is 0 Å². The maximum atomic E-state index is 10.9. The van der Waals surface area contributed by atoms with Crippen molar-refractivity contribution in [3.8, 4) is 0 Å². The van der Waals surface area contributed by atoms with Crippen molar-refractivity contribution < 1.29 is 8.42 Å².